The van der Waals surface area contributed by atoms with Gasteiger partial charge in [-0.1, -0.05) is 17.7 Å². The van der Waals surface area contributed by atoms with Crippen molar-refractivity contribution >= 4 is 27.3 Å². The molecule has 0 aliphatic carbocycles. The van der Waals surface area contributed by atoms with Gasteiger partial charge in [-0.05, 0) is 61.2 Å². The maximum Gasteiger partial charge on any atom is 0.238 e. The summed E-state index contributed by atoms with van der Waals surface area (Å²) in [7, 11) is -3.64. The molecular formula is C18H21ClN2O3S. The molecule has 0 amide bonds. The van der Waals surface area contributed by atoms with E-state index < -0.39 is 10.0 Å². The lowest BCUT2D eigenvalue weighted by Crippen LogP contribution is -2.35. The van der Waals surface area contributed by atoms with Crippen molar-refractivity contribution in [1.29, 1.82) is 0 Å². The van der Waals surface area contributed by atoms with Crippen LogP contribution >= 0.6 is 11.6 Å². The van der Waals surface area contributed by atoms with Gasteiger partial charge in [-0.3, -0.25) is 0 Å². The third-order valence-corrected chi connectivity index (χ3v) is 5.59. The number of ether oxygens (including phenoxy) is 1. The molecule has 2 N–H and O–H groups in total. The Morgan fingerprint density at radius 1 is 1.12 bits per heavy atom. The van der Waals surface area contributed by atoms with Crippen molar-refractivity contribution in [2.24, 2.45) is 11.1 Å². The van der Waals surface area contributed by atoms with Gasteiger partial charge >= 0.3 is 0 Å². The number of sulfonamides is 1. The Kier molecular flexibility index (Phi) is 5.51. The third-order valence-electron chi connectivity index (χ3n) is 4.43. The maximum atomic E-state index is 11.3. The molecule has 0 spiro atoms. The SMILES string of the molecule is NS(=O)(=O)c1ccc(N2CCC(COc3cccc(Cl)c3)CC2)cc1. The minimum Gasteiger partial charge on any atom is -0.493 e. The number of benzene rings is 2. The number of nitrogens with zero attached hydrogens (tertiary/aromatic N) is 1. The number of rotatable bonds is 5. The largest absolute Gasteiger partial charge is 0.493 e. The first-order valence-electron chi connectivity index (χ1n) is 8.18. The summed E-state index contributed by atoms with van der Waals surface area (Å²) in [5.74, 6) is 1.30. The maximum absolute atomic E-state index is 11.3. The standard InChI is InChI=1S/C18H21ClN2O3S/c19-15-2-1-3-17(12-15)24-13-14-8-10-21(11-9-14)16-4-6-18(7-5-16)25(20,22)23/h1-7,12,14H,8-11,13H2,(H2,20,22,23). The lowest BCUT2D eigenvalue weighted by Gasteiger charge is -2.33. The highest BCUT2D eigenvalue weighted by Gasteiger charge is 2.20. The zero-order valence-electron chi connectivity index (χ0n) is 13.8. The van der Waals surface area contributed by atoms with Crippen molar-refractivity contribution in [1.82, 2.24) is 0 Å². The number of piperidine rings is 1. The van der Waals surface area contributed by atoms with Gasteiger partial charge in [0.1, 0.15) is 5.75 Å². The molecule has 0 saturated carbocycles. The molecule has 134 valence electrons. The average molecular weight is 381 g/mol. The minimum absolute atomic E-state index is 0.140. The van der Waals surface area contributed by atoms with Crippen molar-refractivity contribution in [3.63, 3.8) is 0 Å². The van der Waals surface area contributed by atoms with Crippen molar-refractivity contribution in [2.45, 2.75) is 17.7 Å². The van der Waals surface area contributed by atoms with Crippen LogP contribution in [0.3, 0.4) is 0 Å². The Bertz CT molecular complexity index is 816. The summed E-state index contributed by atoms with van der Waals surface area (Å²) in [6.07, 6.45) is 2.05. The van der Waals surface area contributed by atoms with Crippen LogP contribution in [-0.4, -0.2) is 28.1 Å². The second kappa shape index (κ2) is 7.64. The number of hydrogen-bond donors (Lipinski definition) is 1. The summed E-state index contributed by atoms with van der Waals surface area (Å²) in [6, 6.07) is 14.2. The summed E-state index contributed by atoms with van der Waals surface area (Å²) in [5.41, 5.74) is 1.02. The topological polar surface area (TPSA) is 72.6 Å². The summed E-state index contributed by atoms with van der Waals surface area (Å²) >= 11 is 5.96. The predicted molar refractivity (Wildman–Crippen MR) is 99.7 cm³/mol. The molecule has 1 aliphatic heterocycles. The summed E-state index contributed by atoms with van der Waals surface area (Å²) in [6.45, 7) is 2.51. The second-order valence-electron chi connectivity index (χ2n) is 6.24. The molecule has 0 atom stereocenters. The molecule has 25 heavy (non-hydrogen) atoms. The predicted octanol–water partition coefficient (Wildman–Crippen LogP) is 3.28. The van der Waals surface area contributed by atoms with Gasteiger partial charge in [-0.25, -0.2) is 13.6 Å². The van der Waals surface area contributed by atoms with Gasteiger partial charge in [0, 0.05) is 23.8 Å². The smallest absolute Gasteiger partial charge is 0.238 e. The molecule has 0 aromatic heterocycles. The quantitative estimate of drug-likeness (QED) is 0.863. The minimum atomic E-state index is -3.64. The first-order valence-corrected chi connectivity index (χ1v) is 10.1. The van der Waals surface area contributed by atoms with Crippen molar-refractivity contribution in [3.05, 3.63) is 53.6 Å². The lowest BCUT2D eigenvalue weighted by atomic mass is 9.97. The molecule has 3 rings (SSSR count). The van der Waals surface area contributed by atoms with E-state index in [0.29, 0.717) is 17.5 Å². The van der Waals surface area contributed by atoms with Crippen LogP contribution in [0.1, 0.15) is 12.8 Å². The van der Waals surface area contributed by atoms with Crippen LogP contribution in [0.15, 0.2) is 53.4 Å². The molecule has 1 aliphatic rings. The van der Waals surface area contributed by atoms with Crippen molar-refractivity contribution in [2.75, 3.05) is 24.6 Å². The van der Waals surface area contributed by atoms with Crippen LogP contribution in [0.25, 0.3) is 0 Å². The van der Waals surface area contributed by atoms with Gasteiger partial charge in [0.15, 0.2) is 0 Å². The fraction of sp³-hybridized carbons (Fsp3) is 0.333. The summed E-state index contributed by atoms with van der Waals surface area (Å²) in [5, 5.41) is 5.81. The molecule has 0 bridgehead atoms. The average Bonchev–Trinajstić information content (AvgIpc) is 2.60. The van der Waals surface area contributed by atoms with E-state index in [0.717, 1.165) is 37.4 Å². The molecular weight excluding hydrogens is 360 g/mol. The van der Waals surface area contributed by atoms with E-state index in [4.69, 9.17) is 21.5 Å². The summed E-state index contributed by atoms with van der Waals surface area (Å²) in [4.78, 5) is 2.39. The Morgan fingerprint density at radius 3 is 2.40 bits per heavy atom. The van der Waals surface area contributed by atoms with E-state index >= 15 is 0 Å². The van der Waals surface area contributed by atoms with Crippen LogP contribution in [0.2, 0.25) is 5.02 Å². The highest BCUT2D eigenvalue weighted by molar-refractivity contribution is 7.89. The van der Waals surface area contributed by atoms with Crippen LogP contribution in [0.4, 0.5) is 5.69 Å². The van der Waals surface area contributed by atoms with E-state index in [1.807, 2.05) is 36.4 Å². The van der Waals surface area contributed by atoms with E-state index in [2.05, 4.69) is 4.90 Å². The fourth-order valence-corrected chi connectivity index (χ4v) is 3.67. The fourth-order valence-electron chi connectivity index (χ4n) is 2.98. The van der Waals surface area contributed by atoms with Gasteiger partial charge in [-0.2, -0.15) is 0 Å². The number of primary sulfonamides is 1. The zero-order chi connectivity index (χ0) is 17.9. The van der Waals surface area contributed by atoms with E-state index in [9.17, 15) is 8.42 Å². The Balaban J connectivity index is 1.51. The molecule has 1 saturated heterocycles. The van der Waals surface area contributed by atoms with Crippen LogP contribution in [0.5, 0.6) is 5.75 Å². The normalized spacial score (nSPS) is 16.0. The highest BCUT2D eigenvalue weighted by Crippen LogP contribution is 2.25. The van der Waals surface area contributed by atoms with E-state index in [1.165, 1.54) is 0 Å². The molecule has 7 heteroatoms. The molecule has 2 aromatic carbocycles. The molecule has 5 nitrogen and oxygen atoms in total. The van der Waals surface area contributed by atoms with Gasteiger partial charge in [-0.15, -0.1) is 0 Å². The van der Waals surface area contributed by atoms with Gasteiger partial charge in [0.2, 0.25) is 10.0 Å². The number of hydrogen-bond acceptors (Lipinski definition) is 4. The molecule has 0 unspecified atom stereocenters. The third kappa shape index (κ3) is 4.87. The first kappa shape index (κ1) is 18.0. The van der Waals surface area contributed by atoms with Crippen molar-refractivity contribution in [3.8, 4) is 5.75 Å². The highest BCUT2D eigenvalue weighted by atomic mass is 35.5. The van der Waals surface area contributed by atoms with Gasteiger partial charge < -0.3 is 9.64 Å². The Morgan fingerprint density at radius 2 is 1.80 bits per heavy atom. The van der Waals surface area contributed by atoms with Crippen LogP contribution < -0.4 is 14.8 Å². The second-order valence-corrected chi connectivity index (χ2v) is 8.24. The van der Waals surface area contributed by atoms with Gasteiger partial charge in [0.05, 0.1) is 11.5 Å². The monoisotopic (exact) mass is 380 g/mol. The van der Waals surface area contributed by atoms with Gasteiger partial charge in [0.25, 0.3) is 0 Å². The lowest BCUT2D eigenvalue weighted by molar-refractivity contribution is 0.223. The number of anilines is 1. The molecule has 1 heterocycles. The van der Waals surface area contributed by atoms with Crippen molar-refractivity contribution < 1.29 is 13.2 Å². The Hall–Kier alpha value is -1.76. The Labute approximate surface area is 153 Å². The van der Waals surface area contributed by atoms with Crippen LogP contribution in [0, 0.1) is 5.92 Å². The number of nitrogens with two attached hydrogens (primary N) is 1. The molecule has 0 radical (unpaired) electrons. The van der Waals surface area contributed by atoms with E-state index in [1.54, 1.807) is 12.1 Å². The molecule has 2 aromatic rings. The molecule has 1 fully saturated rings. The van der Waals surface area contributed by atoms with Crippen LogP contribution in [-0.2, 0) is 10.0 Å². The first-order chi connectivity index (χ1) is 11.9. The van der Waals surface area contributed by atoms with E-state index in [-0.39, 0.29) is 4.90 Å². The zero-order valence-corrected chi connectivity index (χ0v) is 15.3. The summed E-state index contributed by atoms with van der Waals surface area (Å²) < 4.78 is 28.5. The number of halogens is 1.